The van der Waals surface area contributed by atoms with Gasteiger partial charge in [-0.25, -0.2) is 0 Å². The first-order valence-electron chi connectivity index (χ1n) is 7.26. The third kappa shape index (κ3) is 2.27. The van der Waals surface area contributed by atoms with E-state index in [4.69, 9.17) is 0 Å². The molecule has 2 nitrogen and oxygen atoms in total. The van der Waals surface area contributed by atoms with Crippen molar-refractivity contribution in [3.63, 3.8) is 0 Å². The van der Waals surface area contributed by atoms with Gasteiger partial charge in [0.1, 0.15) is 0 Å². The molecule has 2 aromatic rings. The van der Waals surface area contributed by atoms with Gasteiger partial charge in [0, 0.05) is 18.0 Å². The Morgan fingerprint density at radius 3 is 2.24 bits per heavy atom. The number of aliphatic imine (C=N–C) groups is 1. The Hall–Kier alpha value is -2.35. The average molecular weight is 276 g/mol. The van der Waals surface area contributed by atoms with Crippen molar-refractivity contribution < 1.29 is 0 Å². The minimum atomic E-state index is 1.07. The van der Waals surface area contributed by atoms with Crippen LogP contribution in [0.4, 0.5) is 0 Å². The second kappa shape index (κ2) is 5.21. The lowest BCUT2D eigenvalue weighted by Crippen LogP contribution is -1.96. The largest absolute Gasteiger partial charge is 0.361 e. The number of hydrogen-bond donors (Lipinski definition) is 1. The van der Waals surface area contributed by atoms with Crippen molar-refractivity contribution in [2.75, 3.05) is 0 Å². The fourth-order valence-electron chi connectivity index (χ4n) is 2.65. The Morgan fingerprint density at radius 2 is 1.71 bits per heavy atom. The van der Waals surface area contributed by atoms with Crippen LogP contribution in [0.1, 0.15) is 36.2 Å². The van der Waals surface area contributed by atoms with Gasteiger partial charge < -0.3 is 4.98 Å². The van der Waals surface area contributed by atoms with Crippen LogP contribution in [0.2, 0.25) is 0 Å². The quantitative estimate of drug-likeness (QED) is 0.815. The van der Waals surface area contributed by atoms with Gasteiger partial charge in [-0.15, -0.1) is 0 Å². The first-order chi connectivity index (χ1) is 10.1. The molecule has 21 heavy (non-hydrogen) atoms. The van der Waals surface area contributed by atoms with Crippen molar-refractivity contribution >= 4 is 11.8 Å². The van der Waals surface area contributed by atoms with Crippen molar-refractivity contribution in [1.82, 2.24) is 4.98 Å². The van der Waals surface area contributed by atoms with Gasteiger partial charge >= 0.3 is 0 Å². The summed E-state index contributed by atoms with van der Waals surface area (Å²) in [5.74, 6) is 0. The number of aryl methyl sites for hydroxylation is 1. The van der Waals surface area contributed by atoms with Crippen LogP contribution in [-0.4, -0.2) is 11.2 Å². The van der Waals surface area contributed by atoms with Crippen LogP contribution in [0.15, 0.2) is 58.4 Å². The Bertz CT molecular complexity index is 771. The molecule has 2 heteroatoms. The number of nitrogens with one attached hydrogen (secondary N) is 1. The van der Waals surface area contributed by atoms with Gasteiger partial charge in [-0.2, -0.15) is 0 Å². The van der Waals surface area contributed by atoms with Crippen molar-refractivity contribution in [1.29, 1.82) is 0 Å². The molecule has 1 aromatic heterocycles. The summed E-state index contributed by atoms with van der Waals surface area (Å²) >= 11 is 0. The standard InChI is InChI=1S/C19H20N2/c1-12-10-20-18(14(12)3)17(16-8-6-5-7-9-16)19-15(4)13(2)11-21-19/h5-11,20H,1-4H3/b19-17-. The molecule has 0 bridgehead atoms. The van der Waals surface area contributed by atoms with Gasteiger partial charge in [0.05, 0.1) is 11.4 Å². The van der Waals surface area contributed by atoms with Crippen LogP contribution in [0, 0.1) is 13.8 Å². The third-order valence-corrected chi connectivity index (χ3v) is 4.28. The summed E-state index contributed by atoms with van der Waals surface area (Å²) < 4.78 is 0. The molecule has 1 aliphatic heterocycles. The van der Waals surface area contributed by atoms with E-state index in [9.17, 15) is 0 Å². The Kier molecular flexibility index (Phi) is 3.38. The fraction of sp³-hybridized carbons (Fsp3) is 0.211. The summed E-state index contributed by atoms with van der Waals surface area (Å²) in [6.45, 7) is 8.55. The summed E-state index contributed by atoms with van der Waals surface area (Å²) in [4.78, 5) is 8.09. The lowest BCUT2D eigenvalue weighted by Gasteiger charge is -2.12. The fourth-order valence-corrected chi connectivity index (χ4v) is 2.65. The molecule has 106 valence electrons. The topological polar surface area (TPSA) is 28.1 Å². The van der Waals surface area contributed by atoms with Gasteiger partial charge in [0.25, 0.3) is 0 Å². The lowest BCUT2D eigenvalue weighted by atomic mass is 9.94. The summed E-state index contributed by atoms with van der Waals surface area (Å²) in [7, 11) is 0. The van der Waals surface area contributed by atoms with Crippen LogP contribution in [0.25, 0.3) is 5.57 Å². The SMILES string of the molecule is CC1=C(C)/C(=C(\c2ccccc2)c2[nH]cc(C)c2C)N=C1. The summed E-state index contributed by atoms with van der Waals surface area (Å²) in [5, 5.41) is 0. The second-order valence-electron chi connectivity index (χ2n) is 5.63. The van der Waals surface area contributed by atoms with Crippen LogP contribution in [0.3, 0.4) is 0 Å². The van der Waals surface area contributed by atoms with Crippen molar-refractivity contribution in [2.45, 2.75) is 27.7 Å². The van der Waals surface area contributed by atoms with Crippen molar-refractivity contribution in [2.24, 2.45) is 4.99 Å². The summed E-state index contributed by atoms with van der Waals surface area (Å²) in [5.41, 5.74) is 9.67. The molecule has 0 unspecified atom stereocenters. The zero-order chi connectivity index (χ0) is 15.0. The first kappa shape index (κ1) is 13.6. The number of aromatic amines is 1. The van der Waals surface area contributed by atoms with Crippen LogP contribution in [0.5, 0.6) is 0 Å². The van der Waals surface area contributed by atoms with Gasteiger partial charge in [0.15, 0.2) is 0 Å². The predicted octanol–water partition coefficient (Wildman–Crippen LogP) is 4.81. The van der Waals surface area contributed by atoms with Crippen molar-refractivity contribution in [3.05, 3.63) is 75.8 Å². The van der Waals surface area contributed by atoms with E-state index in [1.165, 1.54) is 39.1 Å². The number of H-pyrrole nitrogens is 1. The van der Waals surface area contributed by atoms with E-state index < -0.39 is 0 Å². The molecule has 1 aromatic carbocycles. The minimum absolute atomic E-state index is 1.07. The molecular weight excluding hydrogens is 256 g/mol. The monoisotopic (exact) mass is 276 g/mol. The van der Waals surface area contributed by atoms with E-state index in [2.05, 4.69) is 68.1 Å². The zero-order valence-electron chi connectivity index (χ0n) is 13.0. The molecular formula is C19H20N2. The van der Waals surface area contributed by atoms with Gasteiger partial charge in [-0.3, -0.25) is 4.99 Å². The molecule has 0 saturated heterocycles. The Labute approximate surface area is 125 Å². The molecule has 1 aliphatic rings. The normalized spacial score (nSPS) is 16.8. The first-order valence-corrected chi connectivity index (χ1v) is 7.26. The van der Waals surface area contributed by atoms with E-state index in [1.807, 2.05) is 12.3 Å². The molecule has 1 N–H and O–H groups in total. The summed E-state index contributed by atoms with van der Waals surface area (Å²) in [6.07, 6.45) is 4.03. The second-order valence-corrected chi connectivity index (χ2v) is 5.63. The highest BCUT2D eigenvalue weighted by molar-refractivity contribution is 5.93. The van der Waals surface area contributed by atoms with Crippen LogP contribution < -0.4 is 0 Å². The molecule has 2 heterocycles. The zero-order valence-corrected chi connectivity index (χ0v) is 13.0. The molecule has 0 fully saturated rings. The highest BCUT2D eigenvalue weighted by Gasteiger charge is 2.20. The van der Waals surface area contributed by atoms with E-state index in [0.717, 1.165) is 5.70 Å². The van der Waals surface area contributed by atoms with E-state index in [0.29, 0.717) is 0 Å². The maximum atomic E-state index is 4.66. The molecule has 0 aliphatic carbocycles. The van der Waals surface area contributed by atoms with E-state index in [-0.39, 0.29) is 0 Å². The van der Waals surface area contributed by atoms with E-state index >= 15 is 0 Å². The van der Waals surface area contributed by atoms with Gasteiger partial charge in [0.2, 0.25) is 0 Å². The number of rotatable bonds is 2. The predicted molar refractivity (Wildman–Crippen MR) is 89.6 cm³/mol. The van der Waals surface area contributed by atoms with Crippen molar-refractivity contribution in [3.8, 4) is 0 Å². The van der Waals surface area contributed by atoms with Crippen LogP contribution in [-0.2, 0) is 0 Å². The third-order valence-electron chi connectivity index (χ3n) is 4.28. The lowest BCUT2D eigenvalue weighted by molar-refractivity contribution is 1.25. The van der Waals surface area contributed by atoms with E-state index in [1.54, 1.807) is 0 Å². The molecule has 0 amide bonds. The van der Waals surface area contributed by atoms with Crippen LogP contribution >= 0.6 is 0 Å². The summed E-state index contributed by atoms with van der Waals surface area (Å²) in [6, 6.07) is 10.5. The van der Waals surface area contributed by atoms with Gasteiger partial charge in [-0.05, 0) is 55.5 Å². The number of hydrogen-bond acceptors (Lipinski definition) is 1. The molecule has 0 atom stereocenters. The number of allylic oxidation sites excluding steroid dienone is 2. The molecule has 0 saturated carbocycles. The average Bonchev–Trinajstić information content (AvgIpc) is 2.99. The maximum Gasteiger partial charge on any atom is 0.0761 e. The number of aromatic nitrogens is 1. The highest BCUT2D eigenvalue weighted by Crippen LogP contribution is 2.35. The minimum Gasteiger partial charge on any atom is -0.361 e. The Morgan fingerprint density at radius 1 is 1.00 bits per heavy atom. The smallest absolute Gasteiger partial charge is 0.0761 e. The highest BCUT2D eigenvalue weighted by atomic mass is 14.8. The number of benzene rings is 1. The Balaban J connectivity index is 2.31. The maximum absolute atomic E-state index is 4.66. The molecule has 0 spiro atoms. The van der Waals surface area contributed by atoms with Gasteiger partial charge in [-0.1, -0.05) is 30.3 Å². The molecule has 3 rings (SSSR count). The molecule has 0 radical (unpaired) electrons. The number of nitrogens with zero attached hydrogens (tertiary/aromatic N) is 1.